The van der Waals surface area contributed by atoms with Gasteiger partial charge >= 0.3 is 0 Å². The molecule has 2 aromatic rings. The predicted octanol–water partition coefficient (Wildman–Crippen LogP) is 1.58. The molecule has 0 radical (unpaired) electrons. The summed E-state index contributed by atoms with van der Waals surface area (Å²) < 4.78 is 5.09. The molecule has 1 aromatic heterocycles. The highest BCUT2D eigenvalue weighted by molar-refractivity contribution is 6.30. The van der Waals surface area contributed by atoms with Crippen LogP contribution >= 0.6 is 11.6 Å². The second kappa shape index (κ2) is 6.49. The number of benzene rings is 1. The molecule has 0 fully saturated rings. The lowest BCUT2D eigenvalue weighted by molar-refractivity contribution is -0.118. The maximum atomic E-state index is 10.7. The standard InChI is InChI=1S/C13H15ClN4O2/c14-9-3-1-8(2-4-9)7-12-17-13(20-18-12)10(15)5-6-11(16)19/h1-4,10H,5-7,15H2,(H2,16,19)/t10-/m0/s1. The number of hydrogen-bond acceptors (Lipinski definition) is 5. The molecule has 1 atom stereocenters. The van der Waals surface area contributed by atoms with Crippen LogP contribution in [0.5, 0.6) is 0 Å². The van der Waals surface area contributed by atoms with Gasteiger partial charge in [-0.05, 0) is 24.1 Å². The Morgan fingerprint density at radius 1 is 1.35 bits per heavy atom. The van der Waals surface area contributed by atoms with Crippen LogP contribution in [-0.2, 0) is 11.2 Å². The number of hydrogen-bond donors (Lipinski definition) is 2. The zero-order valence-corrected chi connectivity index (χ0v) is 11.5. The van der Waals surface area contributed by atoms with Gasteiger partial charge in [0.15, 0.2) is 5.82 Å². The lowest BCUT2D eigenvalue weighted by atomic mass is 10.1. The van der Waals surface area contributed by atoms with Gasteiger partial charge in [0.25, 0.3) is 0 Å². The summed E-state index contributed by atoms with van der Waals surface area (Å²) in [6.07, 6.45) is 1.11. The van der Waals surface area contributed by atoms with Crippen LogP contribution in [0.3, 0.4) is 0 Å². The molecule has 6 nitrogen and oxygen atoms in total. The quantitative estimate of drug-likeness (QED) is 0.841. The van der Waals surface area contributed by atoms with E-state index >= 15 is 0 Å². The normalized spacial score (nSPS) is 12.3. The van der Waals surface area contributed by atoms with Crippen molar-refractivity contribution < 1.29 is 9.32 Å². The number of primary amides is 1. The Hall–Kier alpha value is -1.92. The molecular formula is C13H15ClN4O2. The summed E-state index contributed by atoms with van der Waals surface area (Å²) in [6.45, 7) is 0. The van der Waals surface area contributed by atoms with Gasteiger partial charge in [0.2, 0.25) is 11.8 Å². The van der Waals surface area contributed by atoms with Crippen molar-refractivity contribution in [2.75, 3.05) is 0 Å². The topological polar surface area (TPSA) is 108 Å². The van der Waals surface area contributed by atoms with Crippen molar-refractivity contribution in [2.45, 2.75) is 25.3 Å². The Bertz CT molecular complexity index is 582. The molecule has 0 spiro atoms. The van der Waals surface area contributed by atoms with Crippen molar-refractivity contribution in [2.24, 2.45) is 11.5 Å². The number of amides is 1. The Balaban J connectivity index is 1.98. The Morgan fingerprint density at radius 2 is 2.05 bits per heavy atom. The smallest absolute Gasteiger partial charge is 0.243 e. The van der Waals surface area contributed by atoms with E-state index in [0.717, 1.165) is 5.56 Å². The molecule has 1 heterocycles. The monoisotopic (exact) mass is 294 g/mol. The molecule has 0 aliphatic heterocycles. The van der Waals surface area contributed by atoms with Crippen molar-refractivity contribution in [3.63, 3.8) is 0 Å². The minimum absolute atomic E-state index is 0.191. The Labute approximate surface area is 121 Å². The fourth-order valence-electron chi connectivity index (χ4n) is 1.70. The average molecular weight is 295 g/mol. The van der Waals surface area contributed by atoms with Gasteiger partial charge in [-0.25, -0.2) is 0 Å². The van der Waals surface area contributed by atoms with Gasteiger partial charge in [-0.15, -0.1) is 0 Å². The maximum Gasteiger partial charge on any atom is 0.243 e. The molecule has 0 aliphatic rings. The highest BCUT2D eigenvalue weighted by atomic mass is 35.5. The first-order valence-electron chi connectivity index (χ1n) is 6.15. The predicted molar refractivity (Wildman–Crippen MR) is 73.9 cm³/mol. The van der Waals surface area contributed by atoms with Crippen LogP contribution in [0.1, 0.15) is 36.2 Å². The van der Waals surface area contributed by atoms with Gasteiger partial charge in [-0.1, -0.05) is 28.9 Å². The lowest BCUT2D eigenvalue weighted by Gasteiger charge is -2.03. The average Bonchev–Trinajstić information content (AvgIpc) is 2.87. The fraction of sp³-hybridized carbons (Fsp3) is 0.308. The lowest BCUT2D eigenvalue weighted by Crippen LogP contribution is -2.16. The molecule has 0 bridgehead atoms. The minimum Gasteiger partial charge on any atom is -0.370 e. The molecule has 20 heavy (non-hydrogen) atoms. The Morgan fingerprint density at radius 3 is 2.70 bits per heavy atom. The molecule has 0 saturated carbocycles. The van der Waals surface area contributed by atoms with Crippen LogP contribution in [0.4, 0.5) is 0 Å². The highest BCUT2D eigenvalue weighted by Gasteiger charge is 2.15. The SMILES string of the molecule is NC(=O)CC[C@H](N)c1nc(Cc2ccc(Cl)cc2)no1. The van der Waals surface area contributed by atoms with Gasteiger partial charge in [0, 0.05) is 17.9 Å². The van der Waals surface area contributed by atoms with E-state index in [0.29, 0.717) is 29.6 Å². The molecule has 0 saturated heterocycles. The van der Waals surface area contributed by atoms with Crippen molar-refractivity contribution >= 4 is 17.5 Å². The van der Waals surface area contributed by atoms with E-state index < -0.39 is 11.9 Å². The molecule has 2 rings (SSSR count). The van der Waals surface area contributed by atoms with Crippen LogP contribution in [0, 0.1) is 0 Å². The molecule has 1 aromatic carbocycles. The largest absolute Gasteiger partial charge is 0.370 e. The highest BCUT2D eigenvalue weighted by Crippen LogP contribution is 2.16. The maximum absolute atomic E-state index is 10.7. The third-order valence-electron chi connectivity index (χ3n) is 2.78. The van der Waals surface area contributed by atoms with E-state index in [9.17, 15) is 4.79 Å². The zero-order valence-electron chi connectivity index (χ0n) is 10.8. The molecule has 1 amide bonds. The van der Waals surface area contributed by atoms with Crippen LogP contribution in [0.25, 0.3) is 0 Å². The van der Waals surface area contributed by atoms with E-state index in [1.165, 1.54) is 0 Å². The number of aromatic nitrogens is 2. The first-order chi connectivity index (χ1) is 9.54. The van der Waals surface area contributed by atoms with Crippen molar-refractivity contribution in [1.82, 2.24) is 10.1 Å². The first-order valence-corrected chi connectivity index (χ1v) is 6.53. The van der Waals surface area contributed by atoms with E-state index in [2.05, 4.69) is 10.1 Å². The molecular weight excluding hydrogens is 280 g/mol. The Kier molecular flexibility index (Phi) is 4.70. The van der Waals surface area contributed by atoms with Gasteiger partial charge in [0.05, 0.1) is 6.04 Å². The van der Waals surface area contributed by atoms with Crippen LogP contribution < -0.4 is 11.5 Å². The van der Waals surface area contributed by atoms with E-state index in [1.807, 2.05) is 12.1 Å². The van der Waals surface area contributed by atoms with Crippen LogP contribution in [-0.4, -0.2) is 16.0 Å². The van der Waals surface area contributed by atoms with Gasteiger partial charge in [-0.3, -0.25) is 4.79 Å². The summed E-state index contributed by atoms with van der Waals surface area (Å²) >= 11 is 5.82. The van der Waals surface area contributed by atoms with Crippen LogP contribution in [0.2, 0.25) is 5.02 Å². The number of nitrogens with zero attached hydrogens (tertiary/aromatic N) is 2. The molecule has 106 valence electrons. The summed E-state index contributed by atoms with van der Waals surface area (Å²) in [5.74, 6) is 0.452. The number of halogens is 1. The molecule has 7 heteroatoms. The van der Waals surface area contributed by atoms with Gasteiger partial charge < -0.3 is 16.0 Å². The third-order valence-corrected chi connectivity index (χ3v) is 3.03. The zero-order chi connectivity index (χ0) is 14.5. The summed E-state index contributed by atoms with van der Waals surface area (Å²) in [5, 5.41) is 4.54. The van der Waals surface area contributed by atoms with E-state index in [-0.39, 0.29) is 6.42 Å². The minimum atomic E-state index is -0.478. The summed E-state index contributed by atoms with van der Waals surface area (Å²) in [4.78, 5) is 14.9. The summed E-state index contributed by atoms with van der Waals surface area (Å²) in [7, 11) is 0. The summed E-state index contributed by atoms with van der Waals surface area (Å²) in [5.41, 5.74) is 11.9. The van der Waals surface area contributed by atoms with E-state index in [4.69, 9.17) is 27.6 Å². The third kappa shape index (κ3) is 4.04. The second-order valence-electron chi connectivity index (χ2n) is 4.46. The van der Waals surface area contributed by atoms with Crippen molar-refractivity contribution in [3.8, 4) is 0 Å². The number of rotatable bonds is 6. The van der Waals surface area contributed by atoms with Crippen LogP contribution in [0.15, 0.2) is 28.8 Å². The van der Waals surface area contributed by atoms with Crippen molar-refractivity contribution in [3.05, 3.63) is 46.6 Å². The fourth-order valence-corrected chi connectivity index (χ4v) is 1.82. The molecule has 4 N–H and O–H groups in total. The molecule has 0 aliphatic carbocycles. The molecule has 0 unspecified atom stereocenters. The number of nitrogens with two attached hydrogens (primary N) is 2. The second-order valence-corrected chi connectivity index (χ2v) is 4.90. The van der Waals surface area contributed by atoms with Gasteiger partial charge in [0.1, 0.15) is 0 Å². The summed E-state index contributed by atoms with van der Waals surface area (Å²) in [6, 6.07) is 6.91. The first kappa shape index (κ1) is 14.5. The van der Waals surface area contributed by atoms with Crippen molar-refractivity contribution in [1.29, 1.82) is 0 Å². The number of carbonyl (C=O) groups excluding carboxylic acids is 1. The number of carbonyl (C=O) groups is 1. The van der Waals surface area contributed by atoms with E-state index in [1.54, 1.807) is 12.1 Å². The van der Waals surface area contributed by atoms with Gasteiger partial charge in [-0.2, -0.15) is 4.98 Å².